The topological polar surface area (TPSA) is 51.3 Å². The molecule has 1 aromatic rings. The zero-order chi connectivity index (χ0) is 13.1. The summed E-state index contributed by atoms with van der Waals surface area (Å²) in [7, 11) is 3.59. The predicted molar refractivity (Wildman–Crippen MR) is 72.2 cm³/mol. The van der Waals surface area contributed by atoms with Crippen LogP contribution in [0.5, 0.6) is 0 Å². The summed E-state index contributed by atoms with van der Waals surface area (Å²) in [5, 5.41) is 0. The van der Waals surface area contributed by atoms with E-state index in [4.69, 9.17) is 5.73 Å². The summed E-state index contributed by atoms with van der Waals surface area (Å²) in [6.45, 7) is 0.747. The summed E-state index contributed by atoms with van der Waals surface area (Å²) in [6, 6.07) is 0.174. The summed E-state index contributed by atoms with van der Waals surface area (Å²) in [5.74, 6) is 0.170. The lowest BCUT2D eigenvalue weighted by Crippen LogP contribution is -2.22. The molecule has 4 heteroatoms. The molecule has 2 rings (SSSR count). The van der Waals surface area contributed by atoms with Gasteiger partial charge in [-0.2, -0.15) is 0 Å². The zero-order valence-electron chi connectivity index (χ0n) is 11.4. The number of amides is 1. The van der Waals surface area contributed by atoms with Crippen LogP contribution in [-0.2, 0) is 17.8 Å². The Morgan fingerprint density at radius 2 is 2.22 bits per heavy atom. The van der Waals surface area contributed by atoms with Crippen LogP contribution in [0.25, 0.3) is 0 Å². The van der Waals surface area contributed by atoms with Crippen LogP contribution in [0.1, 0.15) is 42.9 Å². The lowest BCUT2D eigenvalue weighted by Gasteiger charge is -2.10. The van der Waals surface area contributed by atoms with Gasteiger partial charge in [-0.3, -0.25) is 4.79 Å². The van der Waals surface area contributed by atoms with Crippen LogP contribution in [0.15, 0.2) is 12.4 Å². The van der Waals surface area contributed by atoms with Gasteiger partial charge in [-0.1, -0.05) is 6.42 Å². The number of fused-ring (bicyclic) bond motifs is 1. The summed E-state index contributed by atoms with van der Waals surface area (Å²) in [5.41, 5.74) is 8.83. The Hall–Kier alpha value is -1.29. The molecule has 0 radical (unpaired) electrons. The molecule has 4 nitrogen and oxygen atoms in total. The van der Waals surface area contributed by atoms with Crippen molar-refractivity contribution in [2.75, 3.05) is 14.1 Å². The number of rotatable bonds is 3. The Kier molecular flexibility index (Phi) is 4.07. The lowest BCUT2D eigenvalue weighted by atomic mass is 10.1. The molecule has 0 saturated heterocycles. The Morgan fingerprint density at radius 3 is 2.94 bits per heavy atom. The van der Waals surface area contributed by atoms with Crippen LogP contribution in [0.4, 0.5) is 0 Å². The standard InChI is InChI=1S/C14H23N3O/c1-16(2)14(18)7-8-17-9-11-5-3-4-6-13(15)12(11)10-17/h9-10,13H,3-8,15H2,1-2H3. The lowest BCUT2D eigenvalue weighted by molar-refractivity contribution is -0.128. The van der Waals surface area contributed by atoms with Gasteiger partial charge in [0.05, 0.1) is 0 Å². The maximum absolute atomic E-state index is 11.6. The highest BCUT2D eigenvalue weighted by Gasteiger charge is 2.17. The first-order valence-corrected chi connectivity index (χ1v) is 6.72. The Bertz CT molecular complexity index is 423. The summed E-state index contributed by atoms with van der Waals surface area (Å²) in [6.07, 6.45) is 9.50. The van der Waals surface area contributed by atoms with Crippen molar-refractivity contribution in [2.24, 2.45) is 5.73 Å². The highest BCUT2D eigenvalue weighted by atomic mass is 16.2. The SMILES string of the molecule is CN(C)C(=O)CCn1cc2c(c1)C(N)CCCC2. The fraction of sp³-hybridized carbons (Fsp3) is 0.643. The molecule has 1 heterocycles. The van der Waals surface area contributed by atoms with Crippen molar-refractivity contribution in [3.8, 4) is 0 Å². The molecular weight excluding hydrogens is 226 g/mol. The van der Waals surface area contributed by atoms with E-state index in [1.54, 1.807) is 19.0 Å². The maximum Gasteiger partial charge on any atom is 0.223 e. The molecule has 1 unspecified atom stereocenters. The van der Waals surface area contributed by atoms with E-state index in [1.807, 2.05) is 0 Å². The smallest absolute Gasteiger partial charge is 0.223 e. The third-order valence-electron chi connectivity index (χ3n) is 3.69. The molecule has 2 N–H and O–H groups in total. The highest BCUT2D eigenvalue weighted by molar-refractivity contribution is 5.75. The minimum Gasteiger partial charge on any atom is -0.353 e. The van der Waals surface area contributed by atoms with E-state index >= 15 is 0 Å². The molecule has 1 aliphatic carbocycles. The minimum atomic E-state index is 0.170. The molecule has 18 heavy (non-hydrogen) atoms. The number of aromatic nitrogens is 1. The number of carbonyl (C=O) groups is 1. The summed E-state index contributed by atoms with van der Waals surface area (Å²) < 4.78 is 2.12. The van der Waals surface area contributed by atoms with Crippen LogP contribution in [0.2, 0.25) is 0 Å². The molecular formula is C14H23N3O. The molecule has 0 bridgehead atoms. The highest BCUT2D eigenvalue weighted by Crippen LogP contribution is 2.27. The van der Waals surface area contributed by atoms with Gasteiger partial charge < -0.3 is 15.2 Å². The molecule has 0 saturated carbocycles. The van der Waals surface area contributed by atoms with Crippen LogP contribution in [0, 0.1) is 0 Å². The van der Waals surface area contributed by atoms with Crippen molar-refractivity contribution in [3.63, 3.8) is 0 Å². The molecule has 0 aromatic carbocycles. The van der Waals surface area contributed by atoms with Gasteiger partial charge in [-0.05, 0) is 30.4 Å². The first kappa shape index (κ1) is 13.1. The van der Waals surface area contributed by atoms with Gasteiger partial charge in [0.25, 0.3) is 0 Å². The second-order valence-corrected chi connectivity index (χ2v) is 5.37. The fourth-order valence-electron chi connectivity index (χ4n) is 2.53. The zero-order valence-corrected chi connectivity index (χ0v) is 11.4. The molecule has 1 aromatic heterocycles. The Morgan fingerprint density at radius 1 is 1.44 bits per heavy atom. The average molecular weight is 249 g/mol. The summed E-state index contributed by atoms with van der Waals surface area (Å²) >= 11 is 0. The second-order valence-electron chi connectivity index (χ2n) is 5.37. The fourth-order valence-corrected chi connectivity index (χ4v) is 2.53. The quantitative estimate of drug-likeness (QED) is 0.829. The Labute approximate surface area is 109 Å². The third kappa shape index (κ3) is 2.93. The van der Waals surface area contributed by atoms with Crippen LogP contribution in [0.3, 0.4) is 0 Å². The van der Waals surface area contributed by atoms with E-state index in [9.17, 15) is 4.79 Å². The molecule has 0 fully saturated rings. The van der Waals surface area contributed by atoms with Crippen molar-refractivity contribution in [1.82, 2.24) is 9.47 Å². The summed E-state index contributed by atoms with van der Waals surface area (Å²) in [4.78, 5) is 13.2. The van der Waals surface area contributed by atoms with Gasteiger partial charge in [-0.25, -0.2) is 0 Å². The van der Waals surface area contributed by atoms with E-state index in [0.717, 1.165) is 19.4 Å². The van der Waals surface area contributed by atoms with Crippen molar-refractivity contribution in [3.05, 3.63) is 23.5 Å². The van der Waals surface area contributed by atoms with Crippen molar-refractivity contribution < 1.29 is 4.79 Å². The van der Waals surface area contributed by atoms with E-state index in [-0.39, 0.29) is 11.9 Å². The van der Waals surface area contributed by atoms with Crippen LogP contribution >= 0.6 is 0 Å². The average Bonchev–Trinajstić information content (AvgIpc) is 2.67. The number of carbonyl (C=O) groups excluding carboxylic acids is 1. The van der Waals surface area contributed by atoms with E-state index in [2.05, 4.69) is 17.0 Å². The normalized spacial score (nSPS) is 19.2. The van der Waals surface area contributed by atoms with E-state index in [1.165, 1.54) is 24.0 Å². The number of nitrogens with zero attached hydrogens (tertiary/aromatic N) is 2. The first-order valence-electron chi connectivity index (χ1n) is 6.72. The van der Waals surface area contributed by atoms with Gasteiger partial charge >= 0.3 is 0 Å². The van der Waals surface area contributed by atoms with E-state index < -0.39 is 0 Å². The molecule has 0 aliphatic heterocycles. The molecule has 1 atom stereocenters. The van der Waals surface area contributed by atoms with Gasteiger partial charge in [0, 0.05) is 45.5 Å². The Balaban J connectivity index is 2.03. The molecule has 0 spiro atoms. The predicted octanol–water partition coefficient (Wildman–Crippen LogP) is 1.69. The second kappa shape index (κ2) is 5.57. The number of hydrogen-bond donors (Lipinski definition) is 1. The largest absolute Gasteiger partial charge is 0.353 e. The van der Waals surface area contributed by atoms with Crippen molar-refractivity contribution in [1.29, 1.82) is 0 Å². The molecule has 100 valence electrons. The molecule has 1 amide bonds. The first-order chi connectivity index (χ1) is 8.58. The van der Waals surface area contributed by atoms with Gasteiger partial charge in [0.15, 0.2) is 0 Å². The number of aryl methyl sites for hydroxylation is 2. The monoisotopic (exact) mass is 249 g/mol. The maximum atomic E-state index is 11.6. The number of nitrogens with two attached hydrogens (primary N) is 1. The third-order valence-corrected chi connectivity index (χ3v) is 3.69. The van der Waals surface area contributed by atoms with Gasteiger partial charge in [-0.15, -0.1) is 0 Å². The van der Waals surface area contributed by atoms with Gasteiger partial charge in [0.1, 0.15) is 0 Å². The van der Waals surface area contributed by atoms with Gasteiger partial charge in [0.2, 0.25) is 5.91 Å². The molecule has 1 aliphatic rings. The van der Waals surface area contributed by atoms with Crippen LogP contribution < -0.4 is 5.73 Å². The van der Waals surface area contributed by atoms with Crippen molar-refractivity contribution >= 4 is 5.91 Å². The van der Waals surface area contributed by atoms with Crippen molar-refractivity contribution in [2.45, 2.75) is 44.7 Å². The number of hydrogen-bond acceptors (Lipinski definition) is 2. The van der Waals surface area contributed by atoms with E-state index in [0.29, 0.717) is 6.42 Å². The van der Waals surface area contributed by atoms with Crippen LogP contribution in [-0.4, -0.2) is 29.5 Å². The minimum absolute atomic E-state index is 0.170.